The lowest BCUT2D eigenvalue weighted by atomic mass is 10.0. The van der Waals surface area contributed by atoms with Crippen LogP contribution in [0.5, 0.6) is 0 Å². The van der Waals surface area contributed by atoms with E-state index in [1.807, 2.05) is 18.5 Å². The highest BCUT2D eigenvalue weighted by atomic mass is 15.1. The minimum absolute atomic E-state index is 0.511. The predicted molar refractivity (Wildman–Crippen MR) is 55.0 cm³/mol. The zero-order valence-corrected chi connectivity index (χ0v) is 8.04. The molecular formula is C10H15N3. The van der Waals surface area contributed by atoms with Gasteiger partial charge in [0.2, 0.25) is 0 Å². The van der Waals surface area contributed by atoms with E-state index in [4.69, 9.17) is 0 Å². The molecule has 1 unspecified atom stereocenters. The van der Waals surface area contributed by atoms with Crippen molar-refractivity contribution in [2.75, 3.05) is 17.2 Å². The number of nitrogens with one attached hydrogen (secondary N) is 2. The van der Waals surface area contributed by atoms with E-state index >= 15 is 0 Å². The molecule has 0 aromatic carbocycles. The van der Waals surface area contributed by atoms with Crippen LogP contribution in [0.1, 0.15) is 13.8 Å². The van der Waals surface area contributed by atoms with Crippen LogP contribution in [0.25, 0.3) is 0 Å². The summed E-state index contributed by atoms with van der Waals surface area (Å²) in [5, 5.41) is 6.86. The van der Waals surface area contributed by atoms with Crippen LogP contribution in [0.3, 0.4) is 0 Å². The third-order valence-electron chi connectivity index (χ3n) is 2.48. The second-order valence-corrected chi connectivity index (χ2v) is 3.80. The molecule has 1 atom stereocenters. The van der Waals surface area contributed by atoms with Crippen LogP contribution in [0.4, 0.5) is 11.4 Å². The summed E-state index contributed by atoms with van der Waals surface area (Å²) in [6, 6.07) is 2.51. The van der Waals surface area contributed by atoms with Crippen molar-refractivity contribution >= 4 is 11.4 Å². The van der Waals surface area contributed by atoms with E-state index in [2.05, 4.69) is 29.5 Å². The summed E-state index contributed by atoms with van der Waals surface area (Å²) >= 11 is 0. The number of aromatic nitrogens is 1. The molecule has 0 spiro atoms. The summed E-state index contributed by atoms with van der Waals surface area (Å²) in [6.07, 6.45) is 3.68. The third-order valence-corrected chi connectivity index (χ3v) is 2.48. The first kappa shape index (κ1) is 8.35. The van der Waals surface area contributed by atoms with Crippen LogP contribution in [-0.2, 0) is 0 Å². The Balaban J connectivity index is 2.20. The molecule has 0 aliphatic carbocycles. The molecule has 1 aromatic heterocycles. The molecule has 2 heterocycles. The molecule has 2 N–H and O–H groups in total. The largest absolute Gasteiger partial charge is 0.381 e. The van der Waals surface area contributed by atoms with Gasteiger partial charge in [-0.05, 0) is 12.0 Å². The molecule has 3 nitrogen and oxygen atoms in total. The molecule has 2 rings (SSSR count). The number of hydrogen-bond acceptors (Lipinski definition) is 3. The van der Waals surface area contributed by atoms with Crippen LogP contribution in [0, 0.1) is 5.92 Å². The lowest BCUT2D eigenvalue weighted by Crippen LogP contribution is -2.36. The molecule has 70 valence electrons. The molecule has 0 saturated heterocycles. The Morgan fingerprint density at radius 3 is 3.08 bits per heavy atom. The molecule has 0 saturated carbocycles. The highest BCUT2D eigenvalue weighted by Gasteiger charge is 2.19. The number of pyridine rings is 1. The Kier molecular flexibility index (Phi) is 2.08. The molecule has 13 heavy (non-hydrogen) atoms. The van der Waals surface area contributed by atoms with Crippen molar-refractivity contribution < 1.29 is 0 Å². The van der Waals surface area contributed by atoms with Gasteiger partial charge in [0.25, 0.3) is 0 Å². The van der Waals surface area contributed by atoms with Crippen LogP contribution in [0.2, 0.25) is 0 Å². The Hall–Kier alpha value is -1.25. The predicted octanol–water partition coefficient (Wildman–Crippen LogP) is 1.94. The van der Waals surface area contributed by atoms with E-state index < -0.39 is 0 Å². The Bertz CT molecular complexity index is 296. The van der Waals surface area contributed by atoms with E-state index in [1.54, 1.807) is 0 Å². The van der Waals surface area contributed by atoms with Crippen LogP contribution >= 0.6 is 0 Å². The van der Waals surface area contributed by atoms with E-state index in [-0.39, 0.29) is 0 Å². The SMILES string of the molecule is CC(C)C1CNc2ccncc2N1. The van der Waals surface area contributed by atoms with Crippen LogP contribution in [0.15, 0.2) is 18.5 Å². The fourth-order valence-corrected chi connectivity index (χ4v) is 1.54. The molecule has 0 bridgehead atoms. The third kappa shape index (κ3) is 1.59. The maximum atomic E-state index is 4.09. The summed E-state index contributed by atoms with van der Waals surface area (Å²) in [4.78, 5) is 4.09. The van der Waals surface area contributed by atoms with Gasteiger partial charge in [-0.3, -0.25) is 4.98 Å². The Morgan fingerprint density at radius 1 is 1.46 bits per heavy atom. The number of rotatable bonds is 1. The van der Waals surface area contributed by atoms with Crippen molar-refractivity contribution in [1.29, 1.82) is 0 Å². The van der Waals surface area contributed by atoms with Crippen LogP contribution in [-0.4, -0.2) is 17.6 Å². The maximum Gasteiger partial charge on any atom is 0.0765 e. The van der Waals surface area contributed by atoms with Gasteiger partial charge in [-0.15, -0.1) is 0 Å². The van der Waals surface area contributed by atoms with Gasteiger partial charge in [0.05, 0.1) is 17.6 Å². The minimum Gasteiger partial charge on any atom is -0.381 e. The molecule has 3 heteroatoms. The average Bonchev–Trinajstić information content (AvgIpc) is 2.17. The summed E-state index contributed by atoms with van der Waals surface area (Å²) < 4.78 is 0. The minimum atomic E-state index is 0.511. The van der Waals surface area contributed by atoms with Gasteiger partial charge in [0, 0.05) is 18.8 Å². The Morgan fingerprint density at radius 2 is 2.31 bits per heavy atom. The summed E-state index contributed by atoms with van der Waals surface area (Å²) in [6.45, 7) is 5.44. The zero-order valence-electron chi connectivity index (χ0n) is 8.04. The quantitative estimate of drug-likeness (QED) is 0.688. The van der Waals surface area contributed by atoms with Crippen LogP contribution < -0.4 is 10.6 Å². The van der Waals surface area contributed by atoms with Gasteiger partial charge in [0.15, 0.2) is 0 Å². The van der Waals surface area contributed by atoms with E-state index in [1.165, 1.54) is 0 Å². The van der Waals surface area contributed by atoms with Crippen molar-refractivity contribution in [3.8, 4) is 0 Å². The van der Waals surface area contributed by atoms with Gasteiger partial charge in [0.1, 0.15) is 0 Å². The molecule has 0 amide bonds. The monoisotopic (exact) mass is 177 g/mol. The molecule has 1 aromatic rings. The number of fused-ring (bicyclic) bond motifs is 1. The first-order chi connectivity index (χ1) is 6.27. The van der Waals surface area contributed by atoms with Crippen molar-refractivity contribution in [3.05, 3.63) is 18.5 Å². The molecule has 1 aliphatic heterocycles. The smallest absolute Gasteiger partial charge is 0.0765 e. The lowest BCUT2D eigenvalue weighted by Gasteiger charge is -2.30. The fourth-order valence-electron chi connectivity index (χ4n) is 1.54. The summed E-state index contributed by atoms with van der Waals surface area (Å²) in [7, 11) is 0. The molecule has 0 radical (unpaired) electrons. The summed E-state index contributed by atoms with van der Waals surface area (Å²) in [5.74, 6) is 0.640. The first-order valence-electron chi connectivity index (χ1n) is 4.72. The average molecular weight is 177 g/mol. The number of hydrogen-bond donors (Lipinski definition) is 2. The van der Waals surface area contributed by atoms with Crippen molar-refractivity contribution in [1.82, 2.24) is 4.98 Å². The Labute approximate surface area is 78.6 Å². The van der Waals surface area contributed by atoms with E-state index in [9.17, 15) is 0 Å². The lowest BCUT2D eigenvalue weighted by molar-refractivity contribution is 0.536. The van der Waals surface area contributed by atoms with Gasteiger partial charge >= 0.3 is 0 Å². The van der Waals surface area contributed by atoms with Crippen molar-refractivity contribution in [3.63, 3.8) is 0 Å². The summed E-state index contributed by atoms with van der Waals surface area (Å²) in [5.41, 5.74) is 2.28. The van der Waals surface area contributed by atoms with Crippen molar-refractivity contribution in [2.45, 2.75) is 19.9 Å². The second kappa shape index (κ2) is 3.24. The van der Waals surface area contributed by atoms with Gasteiger partial charge < -0.3 is 10.6 Å². The molecule has 1 aliphatic rings. The van der Waals surface area contributed by atoms with E-state index in [0.29, 0.717) is 12.0 Å². The first-order valence-corrected chi connectivity index (χ1v) is 4.72. The molecular weight excluding hydrogens is 162 g/mol. The maximum absolute atomic E-state index is 4.09. The van der Waals surface area contributed by atoms with Gasteiger partial charge in [-0.2, -0.15) is 0 Å². The van der Waals surface area contributed by atoms with Gasteiger partial charge in [-0.25, -0.2) is 0 Å². The number of nitrogens with zero attached hydrogens (tertiary/aromatic N) is 1. The highest BCUT2D eigenvalue weighted by molar-refractivity contribution is 5.69. The van der Waals surface area contributed by atoms with Gasteiger partial charge in [-0.1, -0.05) is 13.8 Å². The zero-order chi connectivity index (χ0) is 9.26. The van der Waals surface area contributed by atoms with E-state index in [0.717, 1.165) is 17.9 Å². The molecule has 0 fully saturated rings. The fraction of sp³-hybridized carbons (Fsp3) is 0.500. The van der Waals surface area contributed by atoms with Crippen molar-refractivity contribution in [2.24, 2.45) is 5.92 Å². The standard InChI is InChI=1S/C10H15N3/c1-7(2)9-6-12-8-3-4-11-5-10(8)13-9/h3-5,7,9,12-13H,6H2,1-2H3. The number of anilines is 2. The topological polar surface area (TPSA) is 37.0 Å². The highest BCUT2D eigenvalue weighted by Crippen LogP contribution is 2.25. The second-order valence-electron chi connectivity index (χ2n) is 3.80. The normalized spacial score (nSPS) is 20.4.